The van der Waals surface area contributed by atoms with Gasteiger partial charge in [0.1, 0.15) is 0 Å². The maximum atomic E-state index is 11.6. The summed E-state index contributed by atoms with van der Waals surface area (Å²) in [6, 6.07) is 0. The van der Waals surface area contributed by atoms with E-state index in [-0.39, 0.29) is 17.9 Å². The molecule has 2 saturated heterocycles. The normalized spacial score (nSPS) is 32.0. The smallest absolute Gasteiger partial charge is 0.224 e. The van der Waals surface area contributed by atoms with Gasteiger partial charge in [0.2, 0.25) is 5.91 Å². The Morgan fingerprint density at radius 3 is 3.07 bits per heavy atom. The van der Waals surface area contributed by atoms with Gasteiger partial charge >= 0.3 is 0 Å². The molecule has 2 aliphatic heterocycles. The number of carbonyl (C=O) groups excluding carboxylic acids is 1. The second-order valence-corrected chi connectivity index (χ2v) is 4.07. The zero-order chi connectivity index (χ0) is 9.80. The molecule has 1 amide bonds. The standard InChI is InChI=1S/C10H18N2O2/c13-10(8-3-4-11-6-8)12-7-9-2-1-5-14-9/h8-9,11H,1-7H2,(H,12,13)/t8-,9?/m1/s1. The van der Waals surface area contributed by atoms with Gasteiger partial charge in [-0.2, -0.15) is 0 Å². The summed E-state index contributed by atoms with van der Waals surface area (Å²) >= 11 is 0. The molecule has 0 bridgehead atoms. The lowest BCUT2D eigenvalue weighted by Gasteiger charge is -2.13. The monoisotopic (exact) mass is 198 g/mol. The van der Waals surface area contributed by atoms with Gasteiger partial charge in [0.15, 0.2) is 0 Å². The SMILES string of the molecule is O=C(NCC1CCCO1)[C@@H]1CCNC1. The van der Waals surface area contributed by atoms with Gasteiger partial charge in [-0.1, -0.05) is 0 Å². The van der Waals surface area contributed by atoms with E-state index >= 15 is 0 Å². The van der Waals surface area contributed by atoms with Crippen LogP contribution in [0.4, 0.5) is 0 Å². The van der Waals surface area contributed by atoms with E-state index in [0.29, 0.717) is 6.54 Å². The summed E-state index contributed by atoms with van der Waals surface area (Å²) in [6.07, 6.45) is 3.44. The highest BCUT2D eigenvalue weighted by atomic mass is 16.5. The average molecular weight is 198 g/mol. The molecule has 2 fully saturated rings. The fourth-order valence-electron chi connectivity index (χ4n) is 2.04. The minimum atomic E-state index is 0.177. The molecule has 14 heavy (non-hydrogen) atoms. The highest BCUT2D eigenvalue weighted by Crippen LogP contribution is 2.11. The molecule has 2 rings (SSSR count). The predicted molar refractivity (Wildman–Crippen MR) is 53.0 cm³/mol. The molecule has 0 saturated carbocycles. The van der Waals surface area contributed by atoms with Gasteiger partial charge in [0.25, 0.3) is 0 Å². The lowest BCUT2D eigenvalue weighted by molar-refractivity contribution is -0.124. The molecule has 2 heterocycles. The van der Waals surface area contributed by atoms with E-state index in [2.05, 4.69) is 10.6 Å². The minimum Gasteiger partial charge on any atom is -0.376 e. The van der Waals surface area contributed by atoms with Gasteiger partial charge in [0.05, 0.1) is 12.0 Å². The van der Waals surface area contributed by atoms with Crippen LogP contribution in [0.2, 0.25) is 0 Å². The van der Waals surface area contributed by atoms with Crippen LogP contribution in [0.15, 0.2) is 0 Å². The highest BCUT2D eigenvalue weighted by molar-refractivity contribution is 5.79. The highest BCUT2D eigenvalue weighted by Gasteiger charge is 2.23. The first-order chi connectivity index (χ1) is 6.86. The van der Waals surface area contributed by atoms with Crippen LogP contribution in [0.5, 0.6) is 0 Å². The first kappa shape index (κ1) is 9.93. The van der Waals surface area contributed by atoms with Crippen molar-refractivity contribution in [2.24, 2.45) is 5.92 Å². The van der Waals surface area contributed by atoms with Gasteiger partial charge in [-0.3, -0.25) is 4.79 Å². The van der Waals surface area contributed by atoms with Gasteiger partial charge in [-0.05, 0) is 25.8 Å². The molecule has 4 heteroatoms. The summed E-state index contributed by atoms with van der Waals surface area (Å²) in [5, 5.41) is 6.15. The number of ether oxygens (including phenoxy) is 1. The number of rotatable bonds is 3. The first-order valence-corrected chi connectivity index (χ1v) is 5.46. The molecule has 0 aromatic heterocycles. The van der Waals surface area contributed by atoms with Gasteiger partial charge in [-0.15, -0.1) is 0 Å². The summed E-state index contributed by atoms with van der Waals surface area (Å²) in [5.74, 6) is 0.363. The van der Waals surface area contributed by atoms with Crippen LogP contribution in [0.1, 0.15) is 19.3 Å². The Kier molecular flexibility index (Phi) is 3.37. The largest absolute Gasteiger partial charge is 0.376 e. The number of hydrogen-bond acceptors (Lipinski definition) is 3. The van der Waals surface area contributed by atoms with Gasteiger partial charge in [0, 0.05) is 19.7 Å². The summed E-state index contributed by atoms with van der Waals surface area (Å²) in [5.41, 5.74) is 0. The summed E-state index contributed by atoms with van der Waals surface area (Å²) in [6.45, 7) is 3.34. The molecule has 2 atom stereocenters. The molecule has 0 radical (unpaired) electrons. The molecule has 0 aromatic carbocycles. The number of hydrogen-bond donors (Lipinski definition) is 2. The van der Waals surface area contributed by atoms with E-state index < -0.39 is 0 Å². The Hall–Kier alpha value is -0.610. The molecular weight excluding hydrogens is 180 g/mol. The molecule has 4 nitrogen and oxygen atoms in total. The third-order valence-electron chi connectivity index (χ3n) is 2.96. The van der Waals surface area contributed by atoms with Gasteiger partial charge in [-0.25, -0.2) is 0 Å². The van der Waals surface area contributed by atoms with E-state index in [0.717, 1.165) is 39.0 Å². The lowest BCUT2D eigenvalue weighted by atomic mass is 10.1. The summed E-state index contributed by atoms with van der Waals surface area (Å²) in [4.78, 5) is 11.6. The van der Waals surface area contributed by atoms with Crippen LogP contribution in [-0.4, -0.2) is 38.3 Å². The molecule has 0 spiro atoms. The average Bonchev–Trinajstić information content (AvgIpc) is 2.87. The second-order valence-electron chi connectivity index (χ2n) is 4.07. The predicted octanol–water partition coefficient (Wildman–Crippen LogP) is -0.109. The number of carbonyl (C=O) groups is 1. The molecule has 2 N–H and O–H groups in total. The second kappa shape index (κ2) is 4.75. The van der Waals surface area contributed by atoms with Crippen LogP contribution in [0, 0.1) is 5.92 Å². The van der Waals surface area contributed by atoms with Crippen LogP contribution in [0.25, 0.3) is 0 Å². The third-order valence-corrected chi connectivity index (χ3v) is 2.96. The fraction of sp³-hybridized carbons (Fsp3) is 0.900. The fourth-order valence-corrected chi connectivity index (χ4v) is 2.04. The molecular formula is C10H18N2O2. The van der Waals surface area contributed by atoms with Crippen molar-refractivity contribution in [2.75, 3.05) is 26.2 Å². The molecule has 0 aromatic rings. The molecule has 80 valence electrons. The van der Waals surface area contributed by atoms with E-state index in [1.807, 2.05) is 0 Å². The van der Waals surface area contributed by atoms with Crippen molar-refractivity contribution in [2.45, 2.75) is 25.4 Å². The zero-order valence-corrected chi connectivity index (χ0v) is 8.42. The Bertz CT molecular complexity index is 196. The quantitative estimate of drug-likeness (QED) is 0.665. The Morgan fingerprint density at radius 1 is 1.50 bits per heavy atom. The van der Waals surface area contributed by atoms with Crippen LogP contribution in [0.3, 0.4) is 0 Å². The summed E-state index contributed by atoms with van der Waals surface area (Å²) < 4.78 is 5.44. The maximum absolute atomic E-state index is 11.6. The van der Waals surface area contributed by atoms with Crippen LogP contribution < -0.4 is 10.6 Å². The van der Waals surface area contributed by atoms with Crippen molar-refractivity contribution in [3.05, 3.63) is 0 Å². The van der Waals surface area contributed by atoms with Crippen molar-refractivity contribution in [1.29, 1.82) is 0 Å². The third kappa shape index (κ3) is 2.45. The Labute approximate surface area is 84.4 Å². The van der Waals surface area contributed by atoms with Crippen molar-refractivity contribution in [3.63, 3.8) is 0 Å². The Balaban J connectivity index is 1.66. The number of amides is 1. The zero-order valence-electron chi connectivity index (χ0n) is 8.42. The van der Waals surface area contributed by atoms with Crippen molar-refractivity contribution >= 4 is 5.91 Å². The van der Waals surface area contributed by atoms with E-state index in [4.69, 9.17) is 4.74 Å². The van der Waals surface area contributed by atoms with Gasteiger partial charge < -0.3 is 15.4 Å². The minimum absolute atomic E-state index is 0.177. The van der Waals surface area contributed by atoms with E-state index in [9.17, 15) is 4.79 Å². The molecule has 0 aliphatic carbocycles. The number of nitrogens with one attached hydrogen (secondary N) is 2. The topological polar surface area (TPSA) is 50.4 Å². The van der Waals surface area contributed by atoms with E-state index in [1.165, 1.54) is 0 Å². The van der Waals surface area contributed by atoms with Crippen LogP contribution >= 0.6 is 0 Å². The van der Waals surface area contributed by atoms with Crippen LogP contribution in [-0.2, 0) is 9.53 Å². The Morgan fingerprint density at radius 2 is 2.43 bits per heavy atom. The van der Waals surface area contributed by atoms with Crippen molar-refractivity contribution < 1.29 is 9.53 Å². The maximum Gasteiger partial charge on any atom is 0.224 e. The molecule has 2 aliphatic rings. The lowest BCUT2D eigenvalue weighted by Crippen LogP contribution is -2.36. The van der Waals surface area contributed by atoms with Crippen molar-refractivity contribution in [3.8, 4) is 0 Å². The molecule has 1 unspecified atom stereocenters. The first-order valence-electron chi connectivity index (χ1n) is 5.46. The van der Waals surface area contributed by atoms with Crippen molar-refractivity contribution in [1.82, 2.24) is 10.6 Å². The van der Waals surface area contributed by atoms with E-state index in [1.54, 1.807) is 0 Å². The summed E-state index contributed by atoms with van der Waals surface area (Å²) in [7, 11) is 0.